The van der Waals surface area contributed by atoms with Gasteiger partial charge in [-0.15, -0.1) is 10.2 Å². The van der Waals surface area contributed by atoms with Gasteiger partial charge in [0.25, 0.3) is 5.56 Å². The van der Waals surface area contributed by atoms with Crippen LogP contribution < -0.4 is 15.6 Å². The number of hydrogen-bond acceptors (Lipinski definition) is 8. The van der Waals surface area contributed by atoms with Gasteiger partial charge >= 0.3 is 0 Å². The molecule has 1 atom stereocenters. The summed E-state index contributed by atoms with van der Waals surface area (Å²) in [5, 5.41) is 15.0. The third-order valence-electron chi connectivity index (χ3n) is 4.23. The van der Waals surface area contributed by atoms with E-state index in [2.05, 4.69) is 30.7 Å². The largest absolute Gasteiger partial charge is 0.448 e. The minimum Gasteiger partial charge on any atom is -0.448 e. The van der Waals surface area contributed by atoms with Crippen molar-refractivity contribution in [3.05, 3.63) is 58.8 Å². The van der Waals surface area contributed by atoms with Crippen LogP contribution >= 0.6 is 0 Å². The highest BCUT2D eigenvalue weighted by atomic mass is 19.1. The van der Waals surface area contributed by atoms with Crippen LogP contribution in [0.1, 0.15) is 6.92 Å². The third kappa shape index (κ3) is 3.92. The van der Waals surface area contributed by atoms with Crippen LogP contribution in [0.5, 0.6) is 11.5 Å². The molecule has 4 aromatic rings. The SMILES string of the molecule is CC(Cn1ncnn1)Nc1ncc2cc(Oc3ccc(F)cc3F)c(=O)n(C)c2n1. The van der Waals surface area contributed by atoms with E-state index < -0.39 is 17.2 Å². The zero-order valence-corrected chi connectivity index (χ0v) is 16.0. The average molecular weight is 414 g/mol. The zero-order chi connectivity index (χ0) is 21.3. The van der Waals surface area contributed by atoms with Crippen LogP contribution in [0.15, 0.2) is 41.6 Å². The topological polar surface area (TPSA) is 113 Å². The smallest absolute Gasteiger partial charge is 0.294 e. The zero-order valence-electron chi connectivity index (χ0n) is 16.0. The number of pyridine rings is 1. The molecular formula is C18H16F2N8O2. The monoisotopic (exact) mass is 414 g/mol. The molecule has 1 N–H and O–H groups in total. The summed E-state index contributed by atoms with van der Waals surface area (Å²) < 4.78 is 33.6. The Labute approximate surface area is 168 Å². The Balaban J connectivity index is 1.61. The molecule has 12 heteroatoms. The van der Waals surface area contributed by atoms with Crippen molar-refractivity contribution in [3.63, 3.8) is 0 Å². The number of ether oxygens (including phenoxy) is 1. The van der Waals surface area contributed by atoms with Gasteiger partial charge in [0, 0.05) is 30.7 Å². The van der Waals surface area contributed by atoms with Gasteiger partial charge in [-0.1, -0.05) is 0 Å². The van der Waals surface area contributed by atoms with E-state index in [9.17, 15) is 13.6 Å². The van der Waals surface area contributed by atoms with E-state index in [4.69, 9.17) is 4.74 Å². The summed E-state index contributed by atoms with van der Waals surface area (Å²) in [6.07, 6.45) is 2.85. The van der Waals surface area contributed by atoms with Gasteiger partial charge in [0.1, 0.15) is 11.5 Å². The lowest BCUT2D eigenvalue weighted by Gasteiger charge is -2.14. The normalized spacial score (nSPS) is 12.1. The van der Waals surface area contributed by atoms with E-state index in [1.54, 1.807) is 0 Å². The van der Waals surface area contributed by atoms with Crippen molar-refractivity contribution >= 4 is 17.0 Å². The number of halogens is 2. The molecule has 0 radical (unpaired) electrons. The van der Waals surface area contributed by atoms with Crippen molar-refractivity contribution in [2.75, 3.05) is 5.32 Å². The molecule has 3 heterocycles. The number of hydrogen-bond donors (Lipinski definition) is 1. The second-order valence-electron chi connectivity index (χ2n) is 6.56. The summed E-state index contributed by atoms with van der Waals surface area (Å²) in [5.41, 5.74) is -0.175. The predicted octanol–water partition coefficient (Wildman–Crippen LogP) is 1.89. The lowest BCUT2D eigenvalue weighted by atomic mass is 10.3. The van der Waals surface area contributed by atoms with Crippen molar-refractivity contribution in [1.29, 1.82) is 0 Å². The molecule has 4 rings (SSSR count). The van der Waals surface area contributed by atoms with E-state index in [1.807, 2.05) is 6.92 Å². The molecule has 154 valence electrons. The van der Waals surface area contributed by atoms with E-state index in [0.717, 1.165) is 12.1 Å². The second kappa shape index (κ2) is 7.81. The quantitative estimate of drug-likeness (QED) is 0.509. The Bertz CT molecular complexity index is 1260. The Kier molecular flexibility index (Phi) is 5.04. The fraction of sp³-hybridized carbons (Fsp3) is 0.222. The van der Waals surface area contributed by atoms with Crippen LogP contribution in [0.4, 0.5) is 14.7 Å². The number of nitrogens with one attached hydrogen (secondary N) is 1. The molecule has 0 spiro atoms. The van der Waals surface area contributed by atoms with Crippen molar-refractivity contribution < 1.29 is 13.5 Å². The Morgan fingerprint density at radius 3 is 2.80 bits per heavy atom. The number of anilines is 1. The molecule has 10 nitrogen and oxygen atoms in total. The van der Waals surface area contributed by atoms with Crippen LogP contribution in [0.25, 0.3) is 11.0 Å². The molecule has 0 saturated heterocycles. The number of nitrogens with zero attached hydrogens (tertiary/aromatic N) is 7. The molecular weight excluding hydrogens is 398 g/mol. The van der Waals surface area contributed by atoms with E-state index in [-0.39, 0.29) is 17.5 Å². The van der Waals surface area contributed by atoms with Gasteiger partial charge in [-0.25, -0.2) is 13.8 Å². The van der Waals surface area contributed by atoms with Crippen LogP contribution in [-0.2, 0) is 13.6 Å². The molecule has 0 bridgehead atoms. The molecule has 0 aliphatic heterocycles. The van der Waals surface area contributed by atoms with Gasteiger partial charge < -0.3 is 10.1 Å². The maximum atomic E-state index is 13.9. The number of rotatable bonds is 6. The van der Waals surface area contributed by atoms with E-state index in [0.29, 0.717) is 29.6 Å². The molecule has 0 fully saturated rings. The highest BCUT2D eigenvalue weighted by Gasteiger charge is 2.14. The third-order valence-corrected chi connectivity index (χ3v) is 4.23. The molecule has 0 amide bonds. The maximum Gasteiger partial charge on any atom is 0.294 e. The number of tetrazole rings is 1. The highest BCUT2D eigenvalue weighted by Crippen LogP contribution is 2.25. The van der Waals surface area contributed by atoms with Gasteiger partial charge in [0.15, 0.2) is 23.6 Å². The molecule has 3 aromatic heterocycles. The minimum atomic E-state index is -0.913. The summed E-state index contributed by atoms with van der Waals surface area (Å²) in [6.45, 7) is 2.33. The first-order valence-electron chi connectivity index (χ1n) is 8.87. The van der Waals surface area contributed by atoms with Gasteiger partial charge in [-0.05, 0) is 30.3 Å². The second-order valence-corrected chi connectivity index (χ2v) is 6.56. The van der Waals surface area contributed by atoms with Gasteiger partial charge in [0.2, 0.25) is 5.95 Å². The first-order chi connectivity index (χ1) is 14.4. The fourth-order valence-corrected chi connectivity index (χ4v) is 2.82. The molecule has 0 aliphatic carbocycles. The first-order valence-corrected chi connectivity index (χ1v) is 8.87. The summed E-state index contributed by atoms with van der Waals surface area (Å²) >= 11 is 0. The first kappa shape index (κ1) is 19.4. The number of benzene rings is 1. The van der Waals surface area contributed by atoms with Crippen molar-refractivity contribution in [2.45, 2.75) is 19.5 Å². The summed E-state index contributed by atoms with van der Waals surface area (Å²) in [7, 11) is 1.51. The minimum absolute atomic E-state index is 0.113. The van der Waals surface area contributed by atoms with Crippen LogP contribution in [0, 0.1) is 11.6 Å². The summed E-state index contributed by atoms with van der Waals surface area (Å²) in [6, 6.07) is 4.13. The van der Waals surface area contributed by atoms with Crippen LogP contribution in [0.3, 0.4) is 0 Å². The standard InChI is InChI=1S/C18H16F2N8O2/c1-10(8-28-23-9-22-26-28)24-18-21-7-11-5-15(17(29)27(2)16(11)25-18)30-14-4-3-12(19)6-13(14)20/h3-7,9-10H,8H2,1-2H3,(H,21,24,25). The van der Waals surface area contributed by atoms with Gasteiger partial charge in [-0.3, -0.25) is 9.36 Å². The van der Waals surface area contributed by atoms with Crippen molar-refractivity contribution in [1.82, 2.24) is 34.7 Å². The number of aryl methyl sites for hydroxylation is 1. The maximum absolute atomic E-state index is 13.9. The van der Waals surface area contributed by atoms with Crippen molar-refractivity contribution in [3.8, 4) is 11.5 Å². The molecule has 1 aromatic carbocycles. The highest BCUT2D eigenvalue weighted by molar-refractivity contribution is 5.76. The Morgan fingerprint density at radius 1 is 1.23 bits per heavy atom. The van der Waals surface area contributed by atoms with Crippen LogP contribution in [0.2, 0.25) is 0 Å². The molecule has 0 saturated carbocycles. The Hall–Kier alpha value is -3.96. The molecule has 0 aliphatic rings. The Morgan fingerprint density at radius 2 is 2.07 bits per heavy atom. The number of aromatic nitrogens is 7. The predicted molar refractivity (Wildman–Crippen MR) is 102 cm³/mol. The van der Waals surface area contributed by atoms with Crippen molar-refractivity contribution in [2.24, 2.45) is 7.05 Å². The lowest BCUT2D eigenvalue weighted by molar-refractivity contribution is 0.430. The van der Waals surface area contributed by atoms with Gasteiger partial charge in [0.05, 0.1) is 6.54 Å². The fourth-order valence-electron chi connectivity index (χ4n) is 2.82. The summed E-state index contributed by atoms with van der Waals surface area (Å²) in [4.78, 5) is 22.7. The van der Waals surface area contributed by atoms with E-state index >= 15 is 0 Å². The number of fused-ring (bicyclic) bond motifs is 1. The molecule has 1 unspecified atom stereocenters. The van der Waals surface area contributed by atoms with Crippen LogP contribution in [-0.4, -0.2) is 40.8 Å². The van der Waals surface area contributed by atoms with Gasteiger partial charge in [-0.2, -0.15) is 9.78 Å². The van der Waals surface area contributed by atoms with E-state index in [1.165, 1.54) is 35.0 Å². The average Bonchev–Trinajstić information content (AvgIpc) is 3.21. The lowest BCUT2D eigenvalue weighted by Crippen LogP contribution is -2.25. The summed E-state index contributed by atoms with van der Waals surface area (Å²) in [5.74, 6) is -1.74. The molecule has 30 heavy (non-hydrogen) atoms.